The summed E-state index contributed by atoms with van der Waals surface area (Å²) in [6, 6.07) is 4.43. The van der Waals surface area contributed by atoms with Crippen LogP contribution >= 0.6 is 0 Å². The van der Waals surface area contributed by atoms with Crippen LogP contribution in [0.15, 0.2) is 18.3 Å². The number of aromatic nitrogens is 1. The third-order valence-electron chi connectivity index (χ3n) is 3.55. The quantitative estimate of drug-likeness (QED) is 0.886. The molecule has 2 rings (SSSR count). The Morgan fingerprint density at radius 2 is 2.19 bits per heavy atom. The van der Waals surface area contributed by atoms with Crippen molar-refractivity contribution >= 4 is 11.7 Å². The van der Waals surface area contributed by atoms with Crippen molar-refractivity contribution in [3.8, 4) is 0 Å². The Labute approximate surface area is 127 Å². The fourth-order valence-electron chi connectivity index (χ4n) is 2.45. The Kier molecular flexibility index (Phi) is 4.83. The average molecular weight is 290 g/mol. The van der Waals surface area contributed by atoms with Crippen LogP contribution in [-0.4, -0.2) is 35.6 Å². The first kappa shape index (κ1) is 15.8. The molecule has 1 aliphatic rings. The maximum Gasteiger partial charge on any atom is 0.217 e. The van der Waals surface area contributed by atoms with Crippen molar-refractivity contribution in [2.24, 2.45) is 0 Å². The molecule has 1 aromatic rings. The summed E-state index contributed by atoms with van der Waals surface area (Å²) in [5.41, 5.74) is 1.30. The standard InChI is InChI=1S/C16H26N4O/c1-12(21)19-14-7-8-20(11-14)15-6-5-13(9-17-15)10-18-16(2,3)4/h5-6,9,14,18H,7-8,10-11H2,1-4H3,(H,19,21). The third kappa shape index (κ3) is 5.01. The average Bonchev–Trinajstić information content (AvgIpc) is 2.84. The minimum Gasteiger partial charge on any atom is -0.354 e. The molecule has 0 aromatic carbocycles. The van der Waals surface area contributed by atoms with Gasteiger partial charge in [0.2, 0.25) is 5.91 Å². The van der Waals surface area contributed by atoms with Gasteiger partial charge < -0.3 is 15.5 Å². The normalized spacial score (nSPS) is 18.9. The first-order valence-corrected chi connectivity index (χ1v) is 7.55. The fraction of sp³-hybridized carbons (Fsp3) is 0.625. The van der Waals surface area contributed by atoms with Crippen molar-refractivity contribution in [2.45, 2.75) is 52.2 Å². The van der Waals surface area contributed by atoms with E-state index in [1.165, 1.54) is 5.56 Å². The maximum absolute atomic E-state index is 11.1. The van der Waals surface area contributed by atoms with Gasteiger partial charge in [0.25, 0.3) is 0 Å². The lowest BCUT2D eigenvalue weighted by atomic mass is 10.1. The first-order chi connectivity index (χ1) is 9.83. The summed E-state index contributed by atoms with van der Waals surface area (Å²) in [4.78, 5) is 17.9. The van der Waals surface area contributed by atoms with E-state index in [1.54, 1.807) is 6.92 Å². The van der Waals surface area contributed by atoms with Gasteiger partial charge in [-0.25, -0.2) is 4.98 Å². The fourth-order valence-corrected chi connectivity index (χ4v) is 2.45. The van der Waals surface area contributed by atoms with Crippen LogP contribution in [0.2, 0.25) is 0 Å². The molecule has 0 spiro atoms. The van der Waals surface area contributed by atoms with Gasteiger partial charge >= 0.3 is 0 Å². The second-order valence-electron chi connectivity index (χ2n) is 6.76. The van der Waals surface area contributed by atoms with E-state index in [2.05, 4.69) is 53.4 Å². The Bertz CT molecular complexity index is 478. The molecule has 5 heteroatoms. The van der Waals surface area contributed by atoms with Crippen LogP contribution in [-0.2, 0) is 11.3 Å². The minimum atomic E-state index is 0.0402. The van der Waals surface area contributed by atoms with E-state index in [4.69, 9.17) is 0 Å². The Morgan fingerprint density at radius 1 is 1.43 bits per heavy atom. The Hall–Kier alpha value is -1.62. The largest absolute Gasteiger partial charge is 0.354 e. The lowest BCUT2D eigenvalue weighted by Gasteiger charge is -2.21. The number of rotatable bonds is 4. The molecule has 1 saturated heterocycles. The SMILES string of the molecule is CC(=O)NC1CCN(c2ccc(CNC(C)(C)C)cn2)C1. The van der Waals surface area contributed by atoms with E-state index < -0.39 is 0 Å². The van der Waals surface area contributed by atoms with Gasteiger partial charge in [0.1, 0.15) is 5.82 Å². The molecule has 5 nitrogen and oxygen atoms in total. The molecule has 21 heavy (non-hydrogen) atoms. The van der Waals surface area contributed by atoms with Crippen LogP contribution < -0.4 is 15.5 Å². The molecular weight excluding hydrogens is 264 g/mol. The molecule has 1 aliphatic heterocycles. The summed E-state index contributed by atoms with van der Waals surface area (Å²) in [5.74, 6) is 1.03. The monoisotopic (exact) mass is 290 g/mol. The van der Waals surface area contributed by atoms with Gasteiger partial charge in [-0.05, 0) is 38.8 Å². The summed E-state index contributed by atoms with van der Waals surface area (Å²) in [6.45, 7) is 10.6. The summed E-state index contributed by atoms with van der Waals surface area (Å²) in [5, 5.41) is 6.43. The van der Waals surface area contributed by atoms with Crippen molar-refractivity contribution in [1.29, 1.82) is 0 Å². The van der Waals surface area contributed by atoms with Gasteiger partial charge in [-0.2, -0.15) is 0 Å². The number of nitrogens with zero attached hydrogens (tertiary/aromatic N) is 2. The van der Waals surface area contributed by atoms with Crippen molar-refractivity contribution in [3.63, 3.8) is 0 Å². The zero-order valence-corrected chi connectivity index (χ0v) is 13.4. The zero-order valence-electron chi connectivity index (χ0n) is 13.4. The van der Waals surface area contributed by atoms with Crippen LogP contribution in [0.1, 0.15) is 39.7 Å². The molecule has 1 unspecified atom stereocenters. The molecule has 2 N–H and O–H groups in total. The number of carbonyl (C=O) groups excluding carboxylic acids is 1. The molecule has 1 atom stereocenters. The lowest BCUT2D eigenvalue weighted by Crippen LogP contribution is -2.36. The van der Waals surface area contributed by atoms with Gasteiger partial charge in [-0.1, -0.05) is 6.07 Å². The highest BCUT2D eigenvalue weighted by Gasteiger charge is 2.23. The molecular formula is C16H26N4O. The Balaban J connectivity index is 1.89. The molecule has 0 saturated carbocycles. The van der Waals surface area contributed by atoms with Gasteiger partial charge in [-0.3, -0.25) is 4.79 Å². The van der Waals surface area contributed by atoms with E-state index in [0.717, 1.165) is 31.9 Å². The summed E-state index contributed by atoms with van der Waals surface area (Å²) >= 11 is 0. The van der Waals surface area contributed by atoms with Gasteiger partial charge in [0, 0.05) is 44.3 Å². The Morgan fingerprint density at radius 3 is 2.76 bits per heavy atom. The predicted octanol–water partition coefficient (Wildman–Crippen LogP) is 1.68. The predicted molar refractivity (Wildman–Crippen MR) is 85.3 cm³/mol. The van der Waals surface area contributed by atoms with Gasteiger partial charge in [0.15, 0.2) is 0 Å². The van der Waals surface area contributed by atoms with E-state index >= 15 is 0 Å². The van der Waals surface area contributed by atoms with Crippen LogP contribution in [0.5, 0.6) is 0 Å². The smallest absolute Gasteiger partial charge is 0.217 e. The van der Waals surface area contributed by atoms with E-state index in [-0.39, 0.29) is 17.5 Å². The second-order valence-corrected chi connectivity index (χ2v) is 6.76. The van der Waals surface area contributed by atoms with Crippen molar-refractivity contribution < 1.29 is 4.79 Å². The van der Waals surface area contributed by atoms with E-state index in [1.807, 2.05) is 6.20 Å². The third-order valence-corrected chi connectivity index (χ3v) is 3.55. The highest BCUT2D eigenvalue weighted by Crippen LogP contribution is 2.18. The number of hydrogen-bond donors (Lipinski definition) is 2. The van der Waals surface area contributed by atoms with Crippen LogP contribution in [0.3, 0.4) is 0 Å². The van der Waals surface area contributed by atoms with Crippen LogP contribution in [0, 0.1) is 0 Å². The summed E-state index contributed by atoms with van der Waals surface area (Å²) in [6.07, 6.45) is 2.91. The number of hydrogen-bond acceptors (Lipinski definition) is 4. The highest BCUT2D eigenvalue weighted by atomic mass is 16.1. The second kappa shape index (κ2) is 6.43. The highest BCUT2D eigenvalue weighted by molar-refractivity contribution is 5.73. The number of carbonyl (C=O) groups is 1. The molecule has 1 amide bonds. The van der Waals surface area contributed by atoms with Crippen LogP contribution in [0.4, 0.5) is 5.82 Å². The van der Waals surface area contributed by atoms with E-state index in [9.17, 15) is 4.79 Å². The molecule has 0 radical (unpaired) electrons. The zero-order chi connectivity index (χ0) is 15.5. The van der Waals surface area contributed by atoms with Crippen LogP contribution in [0.25, 0.3) is 0 Å². The van der Waals surface area contributed by atoms with Gasteiger partial charge in [0.05, 0.1) is 0 Å². The molecule has 1 aromatic heterocycles. The number of pyridine rings is 1. The summed E-state index contributed by atoms with van der Waals surface area (Å²) < 4.78 is 0. The molecule has 116 valence electrons. The van der Waals surface area contributed by atoms with Gasteiger partial charge in [-0.15, -0.1) is 0 Å². The molecule has 0 bridgehead atoms. The van der Waals surface area contributed by atoms with Crippen molar-refractivity contribution in [1.82, 2.24) is 15.6 Å². The number of nitrogens with one attached hydrogen (secondary N) is 2. The van der Waals surface area contributed by atoms with E-state index in [0.29, 0.717) is 0 Å². The number of anilines is 1. The number of amides is 1. The molecule has 0 aliphatic carbocycles. The lowest BCUT2D eigenvalue weighted by molar-refractivity contribution is -0.119. The van der Waals surface area contributed by atoms with Crippen molar-refractivity contribution in [3.05, 3.63) is 23.9 Å². The minimum absolute atomic E-state index is 0.0402. The molecule has 2 heterocycles. The summed E-state index contributed by atoms with van der Waals surface area (Å²) in [7, 11) is 0. The van der Waals surface area contributed by atoms with Crippen molar-refractivity contribution in [2.75, 3.05) is 18.0 Å². The molecule has 1 fully saturated rings. The topological polar surface area (TPSA) is 57.3 Å². The maximum atomic E-state index is 11.1. The first-order valence-electron chi connectivity index (χ1n) is 7.55.